The summed E-state index contributed by atoms with van der Waals surface area (Å²) in [6.45, 7) is 0. The monoisotopic (exact) mass is 267 g/mol. The van der Waals surface area contributed by atoms with Crippen molar-refractivity contribution in [2.24, 2.45) is 0 Å². The number of ether oxygens (including phenoxy) is 1. The minimum absolute atomic E-state index is 0.413. The average Bonchev–Trinajstić information content (AvgIpc) is 2.90. The first-order valence-corrected chi connectivity index (χ1v) is 6.16. The standard InChI is InChI=1S/C16H13NO3/c1-19-16(18)13-7-3-5-11-9-14(20-15(11)13)10-4-2-6-12(17)8-10/h2-9H,17H2,1H3. The van der Waals surface area contributed by atoms with E-state index in [2.05, 4.69) is 0 Å². The highest BCUT2D eigenvalue weighted by atomic mass is 16.5. The fraction of sp³-hybridized carbons (Fsp3) is 0.0625. The summed E-state index contributed by atoms with van der Waals surface area (Å²) in [7, 11) is 1.35. The molecule has 3 rings (SSSR count). The van der Waals surface area contributed by atoms with Gasteiger partial charge in [0.2, 0.25) is 0 Å². The predicted molar refractivity (Wildman–Crippen MR) is 77.4 cm³/mol. The molecule has 0 radical (unpaired) electrons. The second-order valence-electron chi connectivity index (χ2n) is 4.45. The summed E-state index contributed by atoms with van der Waals surface area (Å²) in [6, 6.07) is 14.7. The van der Waals surface area contributed by atoms with Gasteiger partial charge in [0.25, 0.3) is 0 Å². The van der Waals surface area contributed by atoms with Crippen LogP contribution in [0.3, 0.4) is 0 Å². The Balaban J connectivity index is 2.18. The van der Waals surface area contributed by atoms with Crippen LogP contribution < -0.4 is 5.73 Å². The third-order valence-electron chi connectivity index (χ3n) is 3.12. The fourth-order valence-corrected chi connectivity index (χ4v) is 2.17. The van der Waals surface area contributed by atoms with Gasteiger partial charge in [-0.3, -0.25) is 0 Å². The third kappa shape index (κ3) is 2.01. The molecule has 0 saturated carbocycles. The van der Waals surface area contributed by atoms with Crippen LogP contribution in [0.25, 0.3) is 22.3 Å². The molecule has 0 atom stereocenters. The Morgan fingerprint density at radius 1 is 1.15 bits per heavy atom. The zero-order valence-electron chi connectivity index (χ0n) is 10.9. The molecule has 0 aliphatic heterocycles. The maximum Gasteiger partial charge on any atom is 0.341 e. The molecule has 2 aromatic carbocycles. The first-order chi connectivity index (χ1) is 9.69. The van der Waals surface area contributed by atoms with Gasteiger partial charge in [0.15, 0.2) is 0 Å². The van der Waals surface area contributed by atoms with Crippen LogP contribution in [0, 0.1) is 0 Å². The van der Waals surface area contributed by atoms with Crippen molar-refractivity contribution in [3.05, 3.63) is 54.1 Å². The summed E-state index contributed by atoms with van der Waals surface area (Å²) in [4.78, 5) is 11.7. The molecule has 2 N–H and O–H groups in total. The Hall–Kier alpha value is -2.75. The van der Waals surface area contributed by atoms with Gasteiger partial charge >= 0.3 is 5.97 Å². The van der Waals surface area contributed by atoms with E-state index in [-0.39, 0.29) is 0 Å². The Morgan fingerprint density at radius 3 is 2.70 bits per heavy atom. The number of para-hydroxylation sites is 1. The molecule has 1 heterocycles. The van der Waals surface area contributed by atoms with E-state index in [1.54, 1.807) is 12.1 Å². The number of rotatable bonds is 2. The van der Waals surface area contributed by atoms with Gasteiger partial charge in [0.05, 0.1) is 7.11 Å². The van der Waals surface area contributed by atoms with Gasteiger partial charge in [0, 0.05) is 16.6 Å². The number of benzene rings is 2. The van der Waals surface area contributed by atoms with Crippen LogP contribution in [0.5, 0.6) is 0 Å². The van der Waals surface area contributed by atoms with Gasteiger partial charge in [-0.1, -0.05) is 24.3 Å². The lowest BCUT2D eigenvalue weighted by Gasteiger charge is -2.00. The van der Waals surface area contributed by atoms with E-state index in [9.17, 15) is 4.79 Å². The fourth-order valence-electron chi connectivity index (χ4n) is 2.17. The third-order valence-corrected chi connectivity index (χ3v) is 3.12. The molecule has 20 heavy (non-hydrogen) atoms. The van der Waals surface area contributed by atoms with E-state index in [4.69, 9.17) is 14.9 Å². The van der Waals surface area contributed by atoms with Crippen LogP contribution in [-0.2, 0) is 4.74 Å². The van der Waals surface area contributed by atoms with E-state index in [1.165, 1.54) is 7.11 Å². The van der Waals surface area contributed by atoms with Gasteiger partial charge in [-0.15, -0.1) is 0 Å². The molecular weight excluding hydrogens is 254 g/mol. The van der Waals surface area contributed by atoms with Gasteiger partial charge < -0.3 is 14.9 Å². The minimum atomic E-state index is -0.413. The Morgan fingerprint density at radius 2 is 1.95 bits per heavy atom. The maximum absolute atomic E-state index is 11.7. The highest BCUT2D eigenvalue weighted by Gasteiger charge is 2.15. The van der Waals surface area contributed by atoms with Gasteiger partial charge in [-0.25, -0.2) is 4.79 Å². The van der Waals surface area contributed by atoms with E-state index < -0.39 is 5.97 Å². The molecule has 0 saturated heterocycles. The molecule has 1 aromatic heterocycles. The Labute approximate surface area is 115 Å². The molecule has 0 aliphatic rings. The second-order valence-corrected chi connectivity index (χ2v) is 4.45. The first kappa shape index (κ1) is 12.3. The number of furan rings is 1. The van der Waals surface area contributed by atoms with Gasteiger partial charge in [-0.05, 0) is 24.3 Å². The van der Waals surface area contributed by atoms with Crippen molar-refractivity contribution < 1.29 is 13.9 Å². The van der Waals surface area contributed by atoms with Crippen LogP contribution in [0.1, 0.15) is 10.4 Å². The van der Waals surface area contributed by atoms with Crippen molar-refractivity contribution >= 4 is 22.6 Å². The smallest absolute Gasteiger partial charge is 0.341 e. The molecule has 0 fully saturated rings. The Kier molecular flexibility index (Phi) is 2.91. The highest BCUT2D eigenvalue weighted by Crippen LogP contribution is 2.30. The zero-order valence-corrected chi connectivity index (χ0v) is 10.9. The summed E-state index contributed by atoms with van der Waals surface area (Å²) in [6.07, 6.45) is 0. The Bertz CT molecular complexity index is 789. The van der Waals surface area contributed by atoms with Crippen molar-refractivity contribution in [1.29, 1.82) is 0 Å². The van der Waals surface area contributed by atoms with Crippen molar-refractivity contribution in [2.45, 2.75) is 0 Å². The van der Waals surface area contributed by atoms with Gasteiger partial charge in [-0.2, -0.15) is 0 Å². The number of carbonyl (C=O) groups is 1. The molecular formula is C16H13NO3. The number of hydrogen-bond donors (Lipinski definition) is 1. The molecule has 0 amide bonds. The maximum atomic E-state index is 11.7. The average molecular weight is 267 g/mol. The van der Waals surface area contributed by atoms with Crippen molar-refractivity contribution in [1.82, 2.24) is 0 Å². The van der Waals surface area contributed by atoms with E-state index in [1.807, 2.05) is 36.4 Å². The van der Waals surface area contributed by atoms with Crippen molar-refractivity contribution in [2.75, 3.05) is 12.8 Å². The molecule has 0 unspecified atom stereocenters. The first-order valence-electron chi connectivity index (χ1n) is 6.16. The largest absolute Gasteiger partial charge is 0.465 e. The van der Waals surface area contributed by atoms with Crippen LogP contribution >= 0.6 is 0 Å². The van der Waals surface area contributed by atoms with Crippen LogP contribution in [0.4, 0.5) is 5.69 Å². The quantitative estimate of drug-likeness (QED) is 0.570. The number of hydrogen-bond acceptors (Lipinski definition) is 4. The summed E-state index contributed by atoms with van der Waals surface area (Å²) in [5.41, 5.74) is 8.25. The zero-order chi connectivity index (χ0) is 14.1. The number of esters is 1. The van der Waals surface area contributed by atoms with Gasteiger partial charge in [0.1, 0.15) is 16.9 Å². The summed E-state index contributed by atoms with van der Waals surface area (Å²) < 4.78 is 10.6. The number of nitrogens with two attached hydrogens (primary N) is 1. The SMILES string of the molecule is COC(=O)c1cccc2cc(-c3cccc(N)c3)oc12. The molecule has 0 aliphatic carbocycles. The topological polar surface area (TPSA) is 65.5 Å². The lowest BCUT2D eigenvalue weighted by molar-refractivity contribution is 0.0602. The number of nitrogen functional groups attached to an aromatic ring is 1. The molecule has 4 nitrogen and oxygen atoms in total. The van der Waals surface area contributed by atoms with E-state index in [0.717, 1.165) is 10.9 Å². The lowest BCUT2D eigenvalue weighted by Crippen LogP contribution is -2.00. The van der Waals surface area contributed by atoms with Crippen molar-refractivity contribution in [3.63, 3.8) is 0 Å². The lowest BCUT2D eigenvalue weighted by atomic mass is 10.1. The molecule has 3 aromatic rings. The minimum Gasteiger partial charge on any atom is -0.465 e. The molecule has 0 bridgehead atoms. The molecule has 0 spiro atoms. The normalized spacial score (nSPS) is 10.7. The number of carbonyl (C=O) groups excluding carboxylic acids is 1. The summed E-state index contributed by atoms with van der Waals surface area (Å²) >= 11 is 0. The van der Waals surface area contributed by atoms with E-state index in [0.29, 0.717) is 22.6 Å². The van der Waals surface area contributed by atoms with E-state index >= 15 is 0 Å². The number of methoxy groups -OCH3 is 1. The number of fused-ring (bicyclic) bond motifs is 1. The van der Waals surface area contributed by atoms with Crippen LogP contribution in [0.15, 0.2) is 52.9 Å². The van der Waals surface area contributed by atoms with Crippen molar-refractivity contribution in [3.8, 4) is 11.3 Å². The summed E-state index contributed by atoms with van der Waals surface area (Å²) in [5.74, 6) is 0.257. The highest BCUT2D eigenvalue weighted by molar-refractivity contribution is 6.02. The predicted octanol–water partition coefficient (Wildman–Crippen LogP) is 3.47. The molecule has 4 heteroatoms. The number of anilines is 1. The van der Waals surface area contributed by atoms with Crippen LogP contribution in [-0.4, -0.2) is 13.1 Å². The second kappa shape index (κ2) is 4.74. The molecule has 100 valence electrons. The van der Waals surface area contributed by atoms with Crippen LogP contribution in [0.2, 0.25) is 0 Å². The summed E-state index contributed by atoms with van der Waals surface area (Å²) in [5, 5.41) is 0.852.